The molecule has 2 unspecified atom stereocenters. The standard InChI is InChI=1S/C18H21NO5/c1-10-16(24-15-5-3-2-4-14(15)23-10)17(20)19-8-12(11-6-7-11)13(9-19)18(21)22/h2-5,10-13,16H,6-9H2,1H3,(H,21,22)/t10?,12-,13+,16?/m1/s1. The second kappa shape index (κ2) is 5.69. The van der Waals surface area contributed by atoms with Crippen molar-refractivity contribution in [2.45, 2.75) is 32.0 Å². The third kappa shape index (κ3) is 2.60. The van der Waals surface area contributed by atoms with E-state index in [4.69, 9.17) is 9.47 Å². The highest BCUT2D eigenvalue weighted by molar-refractivity contribution is 5.84. The highest BCUT2D eigenvalue weighted by Crippen LogP contribution is 2.44. The molecule has 6 nitrogen and oxygen atoms in total. The Morgan fingerprint density at radius 3 is 2.42 bits per heavy atom. The van der Waals surface area contributed by atoms with Crippen LogP contribution in [0.3, 0.4) is 0 Å². The van der Waals surface area contributed by atoms with Crippen molar-refractivity contribution < 1.29 is 24.2 Å². The maximum absolute atomic E-state index is 12.9. The van der Waals surface area contributed by atoms with Gasteiger partial charge in [0.1, 0.15) is 6.10 Å². The van der Waals surface area contributed by atoms with Gasteiger partial charge in [0, 0.05) is 13.1 Å². The summed E-state index contributed by atoms with van der Waals surface area (Å²) in [5.74, 6) is 0.266. The fourth-order valence-electron chi connectivity index (χ4n) is 3.84. The molecule has 2 fully saturated rings. The molecule has 6 heteroatoms. The second-order valence-electron chi connectivity index (χ2n) is 7.00. The fraction of sp³-hybridized carbons (Fsp3) is 0.556. The molecular weight excluding hydrogens is 310 g/mol. The lowest BCUT2D eigenvalue weighted by atomic mass is 9.92. The maximum Gasteiger partial charge on any atom is 0.308 e. The van der Waals surface area contributed by atoms with Crippen LogP contribution in [0, 0.1) is 17.8 Å². The zero-order valence-corrected chi connectivity index (χ0v) is 13.6. The summed E-state index contributed by atoms with van der Waals surface area (Å²) in [6.07, 6.45) is 1.01. The van der Waals surface area contributed by atoms with Crippen molar-refractivity contribution in [1.82, 2.24) is 4.90 Å². The Bertz CT molecular complexity index is 671. The molecule has 4 rings (SSSR count). The zero-order chi connectivity index (χ0) is 16.8. The first kappa shape index (κ1) is 15.3. The molecule has 0 spiro atoms. The molecule has 1 aromatic carbocycles. The Kier molecular flexibility index (Phi) is 3.62. The van der Waals surface area contributed by atoms with E-state index >= 15 is 0 Å². The number of carbonyl (C=O) groups excluding carboxylic acids is 1. The number of hydrogen-bond donors (Lipinski definition) is 1. The van der Waals surface area contributed by atoms with E-state index in [1.54, 1.807) is 11.0 Å². The first-order chi connectivity index (χ1) is 11.5. The first-order valence-corrected chi connectivity index (χ1v) is 8.48. The van der Waals surface area contributed by atoms with Crippen molar-refractivity contribution in [3.63, 3.8) is 0 Å². The van der Waals surface area contributed by atoms with Gasteiger partial charge in [-0.05, 0) is 43.7 Å². The third-order valence-corrected chi connectivity index (χ3v) is 5.31. The van der Waals surface area contributed by atoms with Crippen molar-refractivity contribution in [2.24, 2.45) is 17.8 Å². The van der Waals surface area contributed by atoms with Gasteiger partial charge in [-0.3, -0.25) is 9.59 Å². The van der Waals surface area contributed by atoms with Crippen LogP contribution in [-0.4, -0.2) is 47.2 Å². The van der Waals surface area contributed by atoms with Gasteiger partial charge in [0.15, 0.2) is 11.5 Å². The number of likely N-dealkylation sites (tertiary alicyclic amines) is 1. The average Bonchev–Trinajstić information content (AvgIpc) is 3.31. The summed E-state index contributed by atoms with van der Waals surface area (Å²) in [5.41, 5.74) is 0. The number of fused-ring (bicyclic) bond motifs is 1. The number of ether oxygens (including phenoxy) is 2. The van der Waals surface area contributed by atoms with Gasteiger partial charge in [-0.15, -0.1) is 0 Å². The molecule has 1 aromatic rings. The molecule has 1 saturated carbocycles. The molecular formula is C18H21NO5. The monoisotopic (exact) mass is 331 g/mol. The predicted octanol–water partition coefficient (Wildman–Crippen LogP) is 1.78. The number of rotatable bonds is 3. The summed E-state index contributed by atoms with van der Waals surface area (Å²) in [4.78, 5) is 26.1. The number of nitrogens with zero attached hydrogens (tertiary/aromatic N) is 1. The summed E-state index contributed by atoms with van der Waals surface area (Å²) in [5, 5.41) is 9.46. The molecule has 1 N–H and O–H groups in total. The van der Waals surface area contributed by atoms with Crippen LogP contribution in [0.2, 0.25) is 0 Å². The molecule has 2 aliphatic heterocycles. The van der Waals surface area contributed by atoms with E-state index in [-0.39, 0.29) is 18.4 Å². The van der Waals surface area contributed by atoms with Crippen LogP contribution in [0.1, 0.15) is 19.8 Å². The van der Waals surface area contributed by atoms with E-state index in [0.29, 0.717) is 24.0 Å². The summed E-state index contributed by atoms with van der Waals surface area (Å²) in [6, 6.07) is 7.28. The van der Waals surface area contributed by atoms with Crippen molar-refractivity contribution in [2.75, 3.05) is 13.1 Å². The quantitative estimate of drug-likeness (QED) is 0.914. The molecule has 128 valence electrons. The molecule has 2 heterocycles. The number of carboxylic acid groups (broad SMARTS) is 1. The van der Waals surface area contributed by atoms with E-state index < -0.39 is 24.1 Å². The number of carboxylic acids is 1. The zero-order valence-electron chi connectivity index (χ0n) is 13.6. The van der Waals surface area contributed by atoms with Crippen LogP contribution >= 0.6 is 0 Å². The average molecular weight is 331 g/mol. The van der Waals surface area contributed by atoms with Gasteiger partial charge >= 0.3 is 5.97 Å². The molecule has 0 aromatic heterocycles. The molecule has 24 heavy (non-hydrogen) atoms. The molecule has 3 aliphatic rings. The van der Waals surface area contributed by atoms with Crippen molar-refractivity contribution in [3.05, 3.63) is 24.3 Å². The SMILES string of the molecule is CC1Oc2ccccc2OC1C(=O)N1C[C@H](C(=O)O)[C@@H](C2CC2)C1. The largest absolute Gasteiger partial charge is 0.482 e. The molecule has 0 bridgehead atoms. The number of benzene rings is 1. The number of hydrogen-bond acceptors (Lipinski definition) is 4. The maximum atomic E-state index is 12.9. The van der Waals surface area contributed by atoms with Crippen LogP contribution < -0.4 is 9.47 Å². The summed E-state index contributed by atoms with van der Waals surface area (Å²) in [7, 11) is 0. The van der Waals surface area contributed by atoms with E-state index in [1.165, 1.54) is 0 Å². The Hall–Kier alpha value is -2.24. The first-order valence-electron chi connectivity index (χ1n) is 8.48. The Labute approximate surface area is 140 Å². The van der Waals surface area contributed by atoms with Crippen molar-refractivity contribution in [3.8, 4) is 11.5 Å². The Morgan fingerprint density at radius 2 is 1.79 bits per heavy atom. The van der Waals surface area contributed by atoms with E-state index in [9.17, 15) is 14.7 Å². The lowest BCUT2D eigenvalue weighted by Gasteiger charge is -2.33. The van der Waals surface area contributed by atoms with Crippen molar-refractivity contribution >= 4 is 11.9 Å². The van der Waals surface area contributed by atoms with Crippen LogP contribution in [0.5, 0.6) is 11.5 Å². The number of carbonyl (C=O) groups is 2. The lowest BCUT2D eigenvalue weighted by molar-refractivity contribution is -0.144. The van der Waals surface area contributed by atoms with Gasteiger partial charge in [0.2, 0.25) is 6.10 Å². The van der Waals surface area contributed by atoms with Crippen molar-refractivity contribution in [1.29, 1.82) is 0 Å². The minimum atomic E-state index is -0.804. The van der Waals surface area contributed by atoms with Gasteiger partial charge in [-0.2, -0.15) is 0 Å². The van der Waals surface area contributed by atoms with Gasteiger partial charge in [0.05, 0.1) is 5.92 Å². The smallest absolute Gasteiger partial charge is 0.308 e. The van der Waals surface area contributed by atoms with Gasteiger partial charge < -0.3 is 19.5 Å². The predicted molar refractivity (Wildman–Crippen MR) is 84.9 cm³/mol. The second-order valence-corrected chi connectivity index (χ2v) is 7.00. The Morgan fingerprint density at radius 1 is 1.12 bits per heavy atom. The number of amides is 1. The molecule has 4 atom stereocenters. The van der Waals surface area contributed by atoms with Gasteiger partial charge in [0.25, 0.3) is 5.91 Å². The number of para-hydroxylation sites is 2. The van der Waals surface area contributed by atoms with Crippen LogP contribution in [0.4, 0.5) is 0 Å². The van der Waals surface area contributed by atoms with E-state index in [2.05, 4.69) is 0 Å². The fourth-order valence-corrected chi connectivity index (χ4v) is 3.84. The van der Waals surface area contributed by atoms with Crippen LogP contribution in [0.25, 0.3) is 0 Å². The number of aliphatic carboxylic acids is 1. The molecule has 1 aliphatic carbocycles. The summed E-state index contributed by atoms with van der Waals surface area (Å²) < 4.78 is 11.7. The highest BCUT2D eigenvalue weighted by atomic mass is 16.6. The molecule has 1 saturated heterocycles. The minimum absolute atomic E-state index is 0.0681. The van der Waals surface area contributed by atoms with Crippen LogP contribution in [-0.2, 0) is 9.59 Å². The van der Waals surface area contributed by atoms with Gasteiger partial charge in [-0.1, -0.05) is 12.1 Å². The minimum Gasteiger partial charge on any atom is -0.482 e. The lowest BCUT2D eigenvalue weighted by Crippen LogP contribution is -2.50. The van der Waals surface area contributed by atoms with E-state index in [0.717, 1.165) is 12.8 Å². The van der Waals surface area contributed by atoms with Gasteiger partial charge in [-0.25, -0.2) is 0 Å². The van der Waals surface area contributed by atoms with Crippen LogP contribution in [0.15, 0.2) is 24.3 Å². The topological polar surface area (TPSA) is 76.1 Å². The molecule has 0 radical (unpaired) electrons. The normalized spacial score (nSPS) is 31.8. The molecule has 1 amide bonds. The van der Waals surface area contributed by atoms with E-state index in [1.807, 2.05) is 25.1 Å². The highest BCUT2D eigenvalue weighted by Gasteiger charge is 2.49. The summed E-state index contributed by atoms with van der Waals surface area (Å²) in [6.45, 7) is 2.58. The third-order valence-electron chi connectivity index (χ3n) is 5.31. The summed E-state index contributed by atoms with van der Waals surface area (Å²) >= 11 is 0. The Balaban J connectivity index is 1.51.